The predicted octanol–water partition coefficient (Wildman–Crippen LogP) is 7.23. The van der Waals surface area contributed by atoms with Gasteiger partial charge in [-0.3, -0.25) is 4.79 Å². The SMILES string of the molecule is CCN(CC)C(=O)Oc1ccc2c(ccn2Cc2cccc(F)c2)c1NC(=O)c1cc(Cl)cc(Cl)c1. The van der Waals surface area contributed by atoms with Crippen LogP contribution in [-0.4, -0.2) is 34.6 Å². The second-order valence-electron chi connectivity index (χ2n) is 8.10. The van der Waals surface area contributed by atoms with Crippen LogP contribution in [0.2, 0.25) is 10.0 Å². The number of carbonyl (C=O) groups excluding carboxylic acids is 2. The highest BCUT2D eigenvalue weighted by Gasteiger charge is 2.20. The summed E-state index contributed by atoms with van der Waals surface area (Å²) >= 11 is 12.2. The van der Waals surface area contributed by atoms with Gasteiger partial charge in [0.2, 0.25) is 0 Å². The van der Waals surface area contributed by atoms with E-state index in [0.29, 0.717) is 40.8 Å². The fourth-order valence-electron chi connectivity index (χ4n) is 3.95. The average molecular weight is 528 g/mol. The Hall–Kier alpha value is -3.55. The van der Waals surface area contributed by atoms with E-state index in [1.54, 1.807) is 18.2 Å². The van der Waals surface area contributed by atoms with Gasteiger partial charge in [-0.1, -0.05) is 35.3 Å². The Balaban J connectivity index is 1.75. The molecule has 9 heteroatoms. The zero-order chi connectivity index (χ0) is 25.8. The van der Waals surface area contributed by atoms with Gasteiger partial charge in [-0.15, -0.1) is 0 Å². The Morgan fingerprint density at radius 1 is 1.00 bits per heavy atom. The summed E-state index contributed by atoms with van der Waals surface area (Å²) in [6.45, 7) is 5.07. The number of hydrogen-bond donors (Lipinski definition) is 1. The number of hydrogen-bond acceptors (Lipinski definition) is 3. The number of rotatable bonds is 7. The molecule has 1 heterocycles. The minimum atomic E-state index is -0.528. The molecule has 0 atom stereocenters. The maximum absolute atomic E-state index is 13.7. The molecular weight excluding hydrogens is 504 g/mol. The molecule has 4 aromatic rings. The van der Waals surface area contributed by atoms with E-state index in [1.807, 2.05) is 36.7 Å². The van der Waals surface area contributed by atoms with Gasteiger partial charge in [0, 0.05) is 46.8 Å². The summed E-state index contributed by atoms with van der Waals surface area (Å²) in [5.41, 5.74) is 2.13. The molecular formula is C27H24Cl2FN3O3. The first-order valence-corrected chi connectivity index (χ1v) is 12.1. The highest BCUT2D eigenvalue weighted by Crippen LogP contribution is 2.35. The number of anilines is 1. The number of amides is 2. The van der Waals surface area contributed by atoms with Crippen molar-refractivity contribution in [3.63, 3.8) is 0 Å². The molecule has 3 aromatic carbocycles. The molecule has 186 valence electrons. The van der Waals surface area contributed by atoms with E-state index in [4.69, 9.17) is 27.9 Å². The molecule has 2 amide bonds. The third-order valence-corrected chi connectivity index (χ3v) is 6.18. The van der Waals surface area contributed by atoms with Gasteiger partial charge in [-0.25, -0.2) is 9.18 Å². The molecule has 0 saturated heterocycles. The van der Waals surface area contributed by atoms with Crippen molar-refractivity contribution in [1.82, 2.24) is 9.47 Å². The molecule has 0 fully saturated rings. The standard InChI is InChI=1S/C27H24Cl2FN3O3/c1-3-32(4-2)27(35)36-24-9-8-23-22(10-11-33(23)16-17-6-5-7-21(30)12-17)25(24)31-26(34)18-13-19(28)15-20(29)14-18/h5-15H,3-4,16H2,1-2H3,(H,31,34). The van der Waals surface area contributed by atoms with Gasteiger partial charge in [0.05, 0.1) is 11.2 Å². The molecule has 0 bridgehead atoms. The van der Waals surface area contributed by atoms with Crippen LogP contribution in [0.5, 0.6) is 5.75 Å². The van der Waals surface area contributed by atoms with E-state index in [-0.39, 0.29) is 17.1 Å². The summed E-state index contributed by atoms with van der Waals surface area (Å²) in [4.78, 5) is 27.4. The molecule has 0 saturated carbocycles. The maximum Gasteiger partial charge on any atom is 0.415 e. The summed E-state index contributed by atoms with van der Waals surface area (Å²) in [6, 6.07) is 16.1. The molecule has 36 heavy (non-hydrogen) atoms. The van der Waals surface area contributed by atoms with Crippen molar-refractivity contribution in [2.75, 3.05) is 18.4 Å². The number of halogens is 3. The molecule has 1 N–H and O–H groups in total. The van der Waals surface area contributed by atoms with Crippen molar-refractivity contribution in [3.05, 3.63) is 93.8 Å². The van der Waals surface area contributed by atoms with Gasteiger partial charge in [0.25, 0.3) is 5.91 Å². The van der Waals surface area contributed by atoms with Crippen LogP contribution in [0.25, 0.3) is 10.9 Å². The highest BCUT2D eigenvalue weighted by atomic mass is 35.5. The van der Waals surface area contributed by atoms with Crippen molar-refractivity contribution in [2.45, 2.75) is 20.4 Å². The molecule has 0 spiro atoms. The van der Waals surface area contributed by atoms with Crippen molar-refractivity contribution in [1.29, 1.82) is 0 Å². The van der Waals surface area contributed by atoms with Crippen LogP contribution in [0.3, 0.4) is 0 Å². The van der Waals surface area contributed by atoms with Gasteiger partial charge < -0.3 is 19.5 Å². The monoisotopic (exact) mass is 527 g/mol. The highest BCUT2D eigenvalue weighted by molar-refractivity contribution is 6.35. The van der Waals surface area contributed by atoms with Gasteiger partial charge in [-0.2, -0.15) is 0 Å². The average Bonchev–Trinajstić information content (AvgIpc) is 3.23. The molecule has 0 radical (unpaired) electrons. The molecule has 0 unspecified atom stereocenters. The van der Waals surface area contributed by atoms with Crippen molar-refractivity contribution < 1.29 is 18.7 Å². The van der Waals surface area contributed by atoms with Crippen LogP contribution in [0.4, 0.5) is 14.9 Å². The number of benzene rings is 3. The van der Waals surface area contributed by atoms with E-state index >= 15 is 0 Å². The summed E-state index contributed by atoms with van der Waals surface area (Å²) in [5.74, 6) is -0.586. The summed E-state index contributed by atoms with van der Waals surface area (Å²) in [6.07, 6.45) is 1.30. The van der Waals surface area contributed by atoms with Gasteiger partial charge in [0.1, 0.15) is 5.82 Å². The van der Waals surface area contributed by atoms with Crippen molar-refractivity contribution in [2.24, 2.45) is 0 Å². The maximum atomic E-state index is 13.7. The Labute approximate surface area is 218 Å². The van der Waals surface area contributed by atoms with Crippen LogP contribution in [0.1, 0.15) is 29.8 Å². The minimum absolute atomic E-state index is 0.199. The minimum Gasteiger partial charge on any atom is -0.408 e. The lowest BCUT2D eigenvalue weighted by molar-refractivity contribution is 0.102. The molecule has 1 aromatic heterocycles. The van der Waals surface area contributed by atoms with E-state index in [9.17, 15) is 14.0 Å². The first kappa shape index (κ1) is 25.5. The van der Waals surface area contributed by atoms with Gasteiger partial charge in [-0.05, 0) is 67.9 Å². The normalized spacial score (nSPS) is 10.9. The zero-order valence-corrected chi connectivity index (χ0v) is 21.2. The number of aromatic nitrogens is 1. The molecule has 0 aliphatic rings. The second-order valence-corrected chi connectivity index (χ2v) is 8.97. The number of fused-ring (bicyclic) bond motifs is 1. The van der Waals surface area contributed by atoms with Gasteiger partial charge in [0.15, 0.2) is 5.75 Å². The van der Waals surface area contributed by atoms with Crippen LogP contribution in [-0.2, 0) is 6.54 Å². The summed E-state index contributed by atoms with van der Waals surface area (Å²) in [7, 11) is 0. The quantitative estimate of drug-likeness (QED) is 0.275. The van der Waals surface area contributed by atoms with Crippen LogP contribution in [0, 0.1) is 5.82 Å². The lowest BCUT2D eigenvalue weighted by atomic mass is 10.1. The van der Waals surface area contributed by atoms with Crippen molar-refractivity contribution >= 4 is 51.8 Å². The van der Waals surface area contributed by atoms with E-state index < -0.39 is 12.0 Å². The predicted molar refractivity (Wildman–Crippen MR) is 141 cm³/mol. The summed E-state index contributed by atoms with van der Waals surface area (Å²) in [5, 5.41) is 4.16. The molecule has 4 rings (SSSR count). The Bertz CT molecular complexity index is 1410. The number of ether oxygens (including phenoxy) is 1. The molecule has 6 nitrogen and oxygen atoms in total. The fourth-order valence-corrected chi connectivity index (χ4v) is 4.47. The fraction of sp³-hybridized carbons (Fsp3) is 0.185. The first-order chi connectivity index (χ1) is 17.3. The Kier molecular flexibility index (Phi) is 7.82. The largest absolute Gasteiger partial charge is 0.415 e. The topological polar surface area (TPSA) is 63.6 Å². The Morgan fingerprint density at radius 3 is 2.39 bits per heavy atom. The van der Waals surface area contributed by atoms with Gasteiger partial charge >= 0.3 is 6.09 Å². The number of nitrogens with zero attached hydrogens (tertiary/aromatic N) is 2. The number of nitrogens with one attached hydrogen (secondary N) is 1. The third kappa shape index (κ3) is 5.64. The third-order valence-electron chi connectivity index (χ3n) is 5.74. The molecule has 0 aliphatic heterocycles. The van der Waals surface area contributed by atoms with E-state index in [1.165, 1.54) is 35.2 Å². The number of carbonyl (C=O) groups is 2. The van der Waals surface area contributed by atoms with Crippen LogP contribution < -0.4 is 10.1 Å². The lowest BCUT2D eigenvalue weighted by Crippen LogP contribution is -2.33. The lowest BCUT2D eigenvalue weighted by Gasteiger charge is -2.20. The van der Waals surface area contributed by atoms with Crippen LogP contribution >= 0.6 is 23.2 Å². The van der Waals surface area contributed by atoms with E-state index in [0.717, 1.165) is 11.1 Å². The second kappa shape index (κ2) is 11.0. The summed E-state index contributed by atoms with van der Waals surface area (Å²) < 4.78 is 21.3. The molecule has 0 aliphatic carbocycles. The Morgan fingerprint density at radius 2 is 1.72 bits per heavy atom. The smallest absolute Gasteiger partial charge is 0.408 e. The van der Waals surface area contributed by atoms with Crippen molar-refractivity contribution in [3.8, 4) is 5.75 Å². The first-order valence-electron chi connectivity index (χ1n) is 11.4. The van der Waals surface area contributed by atoms with Crippen LogP contribution in [0.15, 0.2) is 66.9 Å². The van der Waals surface area contributed by atoms with E-state index in [2.05, 4.69) is 5.32 Å². The zero-order valence-electron chi connectivity index (χ0n) is 19.7.